The molecular formula is C34H28BrCl2N3O5S. The van der Waals surface area contributed by atoms with Crippen molar-refractivity contribution in [2.45, 2.75) is 26.4 Å². The Morgan fingerprint density at radius 1 is 1.09 bits per heavy atom. The Hall–Kier alpha value is -3.83. The Labute approximate surface area is 286 Å². The first-order chi connectivity index (χ1) is 22.1. The molecule has 236 valence electrons. The van der Waals surface area contributed by atoms with Crippen LogP contribution in [0.1, 0.15) is 36.6 Å². The van der Waals surface area contributed by atoms with Crippen molar-refractivity contribution >= 4 is 73.4 Å². The van der Waals surface area contributed by atoms with Crippen LogP contribution >= 0.6 is 50.5 Å². The van der Waals surface area contributed by atoms with Gasteiger partial charge < -0.3 is 18.8 Å². The molecule has 0 saturated carbocycles. The van der Waals surface area contributed by atoms with Gasteiger partial charge in [0, 0.05) is 43.7 Å². The fraction of sp³-hybridized carbons (Fsp3) is 0.206. The average molecular weight is 741 g/mol. The second-order valence-corrected chi connectivity index (χ2v) is 13.2. The van der Waals surface area contributed by atoms with Gasteiger partial charge in [0.05, 0.1) is 42.7 Å². The molecule has 3 heterocycles. The maximum Gasteiger partial charge on any atom is 0.338 e. The molecule has 0 fully saturated rings. The summed E-state index contributed by atoms with van der Waals surface area (Å²) in [5, 5.41) is 2.12. The van der Waals surface area contributed by atoms with Crippen molar-refractivity contribution in [3.8, 4) is 11.5 Å². The van der Waals surface area contributed by atoms with Gasteiger partial charge in [-0.2, -0.15) is 0 Å². The number of hydrogen-bond acceptors (Lipinski definition) is 7. The lowest BCUT2D eigenvalue weighted by Crippen LogP contribution is -2.40. The third-order valence-electron chi connectivity index (χ3n) is 7.78. The van der Waals surface area contributed by atoms with Crippen molar-refractivity contribution in [2.24, 2.45) is 4.99 Å². The number of hydrogen-bond donors (Lipinski definition) is 0. The van der Waals surface area contributed by atoms with Crippen LogP contribution in [0.15, 0.2) is 86.3 Å². The van der Waals surface area contributed by atoms with E-state index < -0.39 is 12.0 Å². The topological polar surface area (TPSA) is 84.1 Å². The molecule has 0 aliphatic carbocycles. The number of benzene rings is 3. The van der Waals surface area contributed by atoms with Crippen LogP contribution in [0, 0.1) is 0 Å². The van der Waals surface area contributed by atoms with E-state index in [1.807, 2.05) is 48.7 Å². The Bertz CT molecular complexity index is 2240. The fourth-order valence-corrected chi connectivity index (χ4v) is 7.71. The van der Waals surface area contributed by atoms with E-state index in [9.17, 15) is 9.59 Å². The third kappa shape index (κ3) is 5.79. The molecule has 0 spiro atoms. The molecule has 0 radical (unpaired) electrons. The lowest BCUT2D eigenvalue weighted by atomic mass is 9.95. The minimum atomic E-state index is -0.833. The van der Waals surface area contributed by atoms with Crippen LogP contribution in [-0.4, -0.2) is 35.9 Å². The average Bonchev–Trinajstić information content (AvgIpc) is 3.53. The second-order valence-electron chi connectivity index (χ2n) is 10.5. The number of aromatic nitrogens is 2. The number of carbonyl (C=O) groups excluding carboxylic acids is 1. The summed E-state index contributed by atoms with van der Waals surface area (Å²) < 4.78 is 21.3. The highest BCUT2D eigenvalue weighted by molar-refractivity contribution is 9.10. The molecular weight excluding hydrogens is 713 g/mol. The van der Waals surface area contributed by atoms with E-state index >= 15 is 0 Å². The van der Waals surface area contributed by atoms with Crippen LogP contribution in [0.5, 0.6) is 11.5 Å². The van der Waals surface area contributed by atoms with E-state index in [1.54, 1.807) is 43.7 Å². The number of halogens is 3. The van der Waals surface area contributed by atoms with Crippen LogP contribution in [-0.2, 0) is 16.1 Å². The summed E-state index contributed by atoms with van der Waals surface area (Å²) in [4.78, 5) is 32.9. The number of methoxy groups -OCH3 is 2. The quantitative estimate of drug-likeness (QED) is 0.162. The largest absolute Gasteiger partial charge is 0.493 e. The van der Waals surface area contributed by atoms with Crippen LogP contribution < -0.4 is 24.4 Å². The van der Waals surface area contributed by atoms with Crippen LogP contribution in [0.4, 0.5) is 0 Å². The summed E-state index contributed by atoms with van der Waals surface area (Å²) in [6.45, 7) is 4.17. The number of rotatable bonds is 8. The molecule has 0 saturated heterocycles. The smallest absolute Gasteiger partial charge is 0.338 e. The van der Waals surface area contributed by atoms with Crippen molar-refractivity contribution in [3.05, 3.63) is 123 Å². The van der Waals surface area contributed by atoms with E-state index in [0.717, 1.165) is 22.0 Å². The lowest BCUT2D eigenvalue weighted by molar-refractivity contribution is -0.139. The van der Waals surface area contributed by atoms with Gasteiger partial charge in [-0.3, -0.25) is 9.36 Å². The van der Waals surface area contributed by atoms with E-state index in [0.29, 0.717) is 53.2 Å². The zero-order chi connectivity index (χ0) is 32.7. The van der Waals surface area contributed by atoms with Gasteiger partial charge in [0.1, 0.15) is 0 Å². The first-order valence-electron chi connectivity index (χ1n) is 14.3. The molecule has 46 heavy (non-hydrogen) atoms. The summed E-state index contributed by atoms with van der Waals surface area (Å²) in [6, 6.07) is 16.1. The Morgan fingerprint density at radius 2 is 1.83 bits per heavy atom. The van der Waals surface area contributed by atoms with E-state index in [4.69, 9.17) is 42.4 Å². The monoisotopic (exact) mass is 739 g/mol. The van der Waals surface area contributed by atoms with Gasteiger partial charge in [-0.05, 0) is 61.4 Å². The second kappa shape index (κ2) is 13.1. The molecule has 2 aromatic heterocycles. The predicted octanol–water partition coefficient (Wildman–Crippen LogP) is 6.89. The molecule has 0 unspecified atom stereocenters. The van der Waals surface area contributed by atoms with Gasteiger partial charge in [-0.15, -0.1) is 0 Å². The van der Waals surface area contributed by atoms with Gasteiger partial charge in [0.2, 0.25) is 0 Å². The van der Waals surface area contributed by atoms with Crippen LogP contribution in [0.25, 0.3) is 17.0 Å². The van der Waals surface area contributed by atoms with E-state index in [-0.39, 0.29) is 17.7 Å². The molecule has 0 N–H and O–H groups in total. The summed E-state index contributed by atoms with van der Waals surface area (Å²) in [7, 11) is 3.08. The van der Waals surface area contributed by atoms with Gasteiger partial charge in [0.15, 0.2) is 16.3 Å². The van der Waals surface area contributed by atoms with Crippen molar-refractivity contribution in [1.29, 1.82) is 0 Å². The minimum Gasteiger partial charge on any atom is -0.493 e. The van der Waals surface area contributed by atoms with Crippen LogP contribution in [0.3, 0.4) is 0 Å². The SMILES string of the molecule is CCOC(=O)C1=C(C)N=c2s/c(=C\c3cn(Cc4ccc(Cl)cc4Cl)c4ccccc34)c(=O)n2[C@@H]1c1cc(OC)c(OC)cc1Br. The molecule has 1 atom stereocenters. The highest BCUT2D eigenvalue weighted by Gasteiger charge is 2.35. The number of para-hydroxylation sites is 1. The molecule has 0 bridgehead atoms. The van der Waals surface area contributed by atoms with E-state index in [1.165, 1.54) is 18.4 Å². The third-order valence-corrected chi connectivity index (χ3v) is 10.0. The predicted molar refractivity (Wildman–Crippen MR) is 185 cm³/mol. The highest BCUT2D eigenvalue weighted by Crippen LogP contribution is 2.41. The first kappa shape index (κ1) is 32.1. The van der Waals surface area contributed by atoms with E-state index in [2.05, 4.69) is 20.5 Å². The van der Waals surface area contributed by atoms with Crippen molar-refractivity contribution in [3.63, 3.8) is 0 Å². The molecule has 1 aliphatic rings. The minimum absolute atomic E-state index is 0.172. The number of esters is 1. The Balaban J connectivity index is 1.54. The number of allylic oxidation sites excluding steroid dienone is 1. The summed E-state index contributed by atoms with van der Waals surface area (Å²) in [5.74, 6) is 0.406. The maximum atomic E-state index is 14.3. The Kier molecular flexibility index (Phi) is 9.16. The van der Waals surface area contributed by atoms with Gasteiger partial charge in [0.25, 0.3) is 5.56 Å². The number of thiazole rings is 1. The Morgan fingerprint density at radius 3 is 2.54 bits per heavy atom. The molecule has 12 heteroatoms. The van der Waals surface area contributed by atoms with Crippen molar-refractivity contribution in [2.75, 3.05) is 20.8 Å². The fourth-order valence-electron chi connectivity index (χ4n) is 5.66. The van der Waals surface area contributed by atoms with Crippen molar-refractivity contribution < 1.29 is 19.0 Å². The molecule has 3 aromatic carbocycles. The van der Waals surface area contributed by atoms with Crippen LogP contribution in [0.2, 0.25) is 10.0 Å². The normalized spacial score (nSPS) is 14.8. The standard InChI is InChI=1S/C34H28BrCl2N3O5S/c1-5-45-33(42)30-18(2)38-34-40(31(30)23-14-27(43-3)28(44-4)15-24(23)35)32(41)29(46-34)12-20-17-39(26-9-7-6-8-22(20)26)16-19-10-11-21(36)13-25(19)37/h6-15,17,31H,5,16H2,1-4H3/b29-12-/t31-/m1/s1. The highest BCUT2D eigenvalue weighted by atomic mass is 79.9. The van der Waals surface area contributed by atoms with Crippen molar-refractivity contribution in [1.82, 2.24) is 9.13 Å². The zero-order valence-electron chi connectivity index (χ0n) is 25.3. The number of carbonyl (C=O) groups is 1. The molecule has 0 amide bonds. The number of nitrogens with zero attached hydrogens (tertiary/aromatic N) is 3. The van der Waals surface area contributed by atoms with Gasteiger partial charge >= 0.3 is 5.97 Å². The zero-order valence-corrected chi connectivity index (χ0v) is 29.2. The summed E-state index contributed by atoms with van der Waals surface area (Å²) in [5.41, 5.74) is 3.83. The lowest BCUT2D eigenvalue weighted by Gasteiger charge is -2.26. The summed E-state index contributed by atoms with van der Waals surface area (Å²) >= 11 is 17.5. The first-order valence-corrected chi connectivity index (χ1v) is 16.6. The molecule has 5 aromatic rings. The number of ether oxygens (including phenoxy) is 3. The molecule has 1 aliphatic heterocycles. The maximum absolute atomic E-state index is 14.3. The molecule has 8 nitrogen and oxygen atoms in total. The van der Waals surface area contributed by atoms with Gasteiger partial charge in [-0.1, -0.05) is 74.7 Å². The number of fused-ring (bicyclic) bond motifs is 2. The summed E-state index contributed by atoms with van der Waals surface area (Å²) in [6.07, 6.45) is 3.88. The molecule has 6 rings (SSSR count). The van der Waals surface area contributed by atoms with Gasteiger partial charge in [-0.25, -0.2) is 9.79 Å².